The molecule has 4 heterocycles. The van der Waals surface area contributed by atoms with E-state index in [1.165, 1.54) is 0 Å². The highest BCUT2D eigenvalue weighted by molar-refractivity contribution is 5.91. The Balaban J connectivity index is 1.40. The third-order valence-corrected chi connectivity index (χ3v) is 5.73. The van der Waals surface area contributed by atoms with Crippen molar-refractivity contribution >= 4 is 17.6 Å². The minimum atomic E-state index is -0.243. The molecule has 2 aromatic heterocycles. The number of amides is 2. The van der Waals surface area contributed by atoms with Crippen LogP contribution in [0.15, 0.2) is 24.7 Å². The van der Waals surface area contributed by atoms with E-state index in [0.717, 1.165) is 35.6 Å². The number of nitrogens with one attached hydrogen (secondary N) is 1. The number of hydrogen-bond donors (Lipinski definition) is 1. The fourth-order valence-corrected chi connectivity index (χ4v) is 4.14. The Kier molecular flexibility index (Phi) is 5.17. The second kappa shape index (κ2) is 7.77. The van der Waals surface area contributed by atoms with Crippen molar-refractivity contribution in [3.8, 4) is 0 Å². The lowest BCUT2D eigenvalue weighted by molar-refractivity contribution is -0.120. The Bertz CT molecular complexity index is 921. The summed E-state index contributed by atoms with van der Waals surface area (Å²) in [7, 11) is 0. The summed E-state index contributed by atoms with van der Waals surface area (Å²) in [5, 5.41) is 2.85. The third-order valence-electron chi connectivity index (χ3n) is 5.73. The SMILES string of the molecule is Cc1cnc(N2CCN(C(=O)c3ncc([C@@H]4C(=O)NCC4C)cn3)CC2)c(C)c1. The molecule has 0 aliphatic carbocycles. The molecule has 8 heteroatoms. The Morgan fingerprint density at radius 1 is 1.07 bits per heavy atom. The lowest BCUT2D eigenvalue weighted by Crippen LogP contribution is -2.49. The van der Waals surface area contributed by atoms with Crippen LogP contribution in [0.25, 0.3) is 0 Å². The Labute approximate surface area is 170 Å². The van der Waals surface area contributed by atoms with Crippen LogP contribution in [0.2, 0.25) is 0 Å². The molecule has 2 amide bonds. The van der Waals surface area contributed by atoms with E-state index in [1.807, 2.05) is 20.0 Å². The van der Waals surface area contributed by atoms with Gasteiger partial charge in [-0.2, -0.15) is 0 Å². The summed E-state index contributed by atoms with van der Waals surface area (Å²) in [4.78, 5) is 41.9. The summed E-state index contributed by atoms with van der Waals surface area (Å²) in [5.74, 6) is 0.933. The van der Waals surface area contributed by atoms with Crippen LogP contribution in [0.4, 0.5) is 5.82 Å². The number of hydrogen-bond acceptors (Lipinski definition) is 6. The number of aryl methyl sites for hydroxylation is 2. The maximum atomic E-state index is 12.8. The van der Waals surface area contributed by atoms with Crippen molar-refractivity contribution in [3.63, 3.8) is 0 Å². The number of piperazine rings is 1. The van der Waals surface area contributed by atoms with E-state index in [1.54, 1.807) is 17.3 Å². The van der Waals surface area contributed by atoms with Crippen LogP contribution in [0, 0.1) is 19.8 Å². The van der Waals surface area contributed by atoms with Gasteiger partial charge in [0.05, 0.1) is 5.92 Å². The highest BCUT2D eigenvalue weighted by atomic mass is 16.2. The molecule has 2 saturated heterocycles. The maximum Gasteiger partial charge on any atom is 0.291 e. The van der Waals surface area contributed by atoms with Crippen molar-refractivity contribution < 1.29 is 9.59 Å². The number of nitrogens with zero attached hydrogens (tertiary/aromatic N) is 5. The summed E-state index contributed by atoms with van der Waals surface area (Å²) < 4.78 is 0. The molecular weight excluding hydrogens is 368 g/mol. The van der Waals surface area contributed by atoms with Crippen LogP contribution in [-0.4, -0.2) is 64.4 Å². The second-order valence-corrected chi connectivity index (χ2v) is 7.97. The molecule has 0 saturated carbocycles. The van der Waals surface area contributed by atoms with Crippen molar-refractivity contribution in [3.05, 3.63) is 47.2 Å². The largest absolute Gasteiger partial charge is 0.355 e. The summed E-state index contributed by atoms with van der Waals surface area (Å²) >= 11 is 0. The van der Waals surface area contributed by atoms with Crippen LogP contribution in [-0.2, 0) is 4.79 Å². The summed E-state index contributed by atoms with van der Waals surface area (Å²) in [5.41, 5.74) is 3.05. The first-order valence-electron chi connectivity index (χ1n) is 10.0. The third kappa shape index (κ3) is 3.79. The fraction of sp³-hybridized carbons (Fsp3) is 0.476. The molecule has 0 bridgehead atoms. The molecule has 2 aliphatic rings. The zero-order valence-electron chi connectivity index (χ0n) is 17.1. The van der Waals surface area contributed by atoms with E-state index in [-0.39, 0.29) is 29.5 Å². The van der Waals surface area contributed by atoms with Crippen molar-refractivity contribution in [1.29, 1.82) is 0 Å². The number of anilines is 1. The molecule has 1 unspecified atom stereocenters. The molecule has 152 valence electrons. The van der Waals surface area contributed by atoms with Crippen molar-refractivity contribution in [1.82, 2.24) is 25.2 Å². The fourth-order valence-electron chi connectivity index (χ4n) is 4.14. The number of pyridine rings is 1. The van der Waals surface area contributed by atoms with Gasteiger partial charge in [0.2, 0.25) is 11.7 Å². The van der Waals surface area contributed by atoms with Gasteiger partial charge < -0.3 is 15.1 Å². The highest BCUT2D eigenvalue weighted by Crippen LogP contribution is 2.27. The first kappa shape index (κ1) is 19.3. The van der Waals surface area contributed by atoms with Crippen molar-refractivity contribution in [2.75, 3.05) is 37.6 Å². The molecule has 2 fully saturated rings. The smallest absolute Gasteiger partial charge is 0.291 e. The number of aromatic nitrogens is 3. The monoisotopic (exact) mass is 394 g/mol. The topological polar surface area (TPSA) is 91.3 Å². The van der Waals surface area contributed by atoms with Crippen LogP contribution >= 0.6 is 0 Å². The van der Waals surface area contributed by atoms with Gasteiger partial charge in [-0.05, 0) is 30.9 Å². The minimum absolute atomic E-state index is 0.00342. The van der Waals surface area contributed by atoms with E-state index in [2.05, 4.69) is 38.2 Å². The maximum absolute atomic E-state index is 12.8. The van der Waals surface area contributed by atoms with Gasteiger partial charge in [0.15, 0.2) is 0 Å². The predicted octanol–water partition coefficient (Wildman–Crippen LogP) is 1.30. The second-order valence-electron chi connectivity index (χ2n) is 7.97. The standard InChI is InChI=1S/C21H26N6O2/c1-13-8-14(2)19(24-9-13)26-4-6-27(7-5-26)21(29)18-22-11-16(12-23-18)17-15(3)10-25-20(17)28/h8-9,11-12,15,17H,4-7,10H2,1-3H3,(H,25,28)/t15?,17-/m1/s1. The van der Waals surface area contributed by atoms with Crippen LogP contribution in [0.1, 0.15) is 40.2 Å². The molecule has 8 nitrogen and oxygen atoms in total. The Hall–Kier alpha value is -3.03. The summed E-state index contributed by atoms with van der Waals surface area (Å²) in [6, 6.07) is 2.13. The molecule has 4 rings (SSSR count). The van der Waals surface area contributed by atoms with Gasteiger partial charge in [-0.15, -0.1) is 0 Å². The van der Waals surface area contributed by atoms with E-state index in [0.29, 0.717) is 19.6 Å². The Morgan fingerprint density at radius 3 is 2.34 bits per heavy atom. The first-order valence-corrected chi connectivity index (χ1v) is 10.0. The number of rotatable bonds is 3. The zero-order chi connectivity index (χ0) is 20.5. The molecular formula is C21H26N6O2. The van der Waals surface area contributed by atoms with Gasteiger partial charge in [0.25, 0.3) is 5.91 Å². The lowest BCUT2D eigenvalue weighted by atomic mass is 9.92. The van der Waals surface area contributed by atoms with Gasteiger partial charge in [0, 0.05) is 56.9 Å². The van der Waals surface area contributed by atoms with Gasteiger partial charge in [-0.1, -0.05) is 13.0 Å². The van der Waals surface area contributed by atoms with E-state index < -0.39 is 0 Å². The Morgan fingerprint density at radius 2 is 1.76 bits per heavy atom. The minimum Gasteiger partial charge on any atom is -0.355 e. The van der Waals surface area contributed by atoms with Gasteiger partial charge in [-0.25, -0.2) is 15.0 Å². The molecule has 2 aliphatic heterocycles. The van der Waals surface area contributed by atoms with Crippen LogP contribution in [0.5, 0.6) is 0 Å². The molecule has 2 atom stereocenters. The highest BCUT2D eigenvalue weighted by Gasteiger charge is 2.33. The summed E-state index contributed by atoms with van der Waals surface area (Å²) in [6.07, 6.45) is 5.10. The lowest BCUT2D eigenvalue weighted by Gasteiger charge is -2.35. The van der Waals surface area contributed by atoms with Crippen LogP contribution < -0.4 is 10.2 Å². The molecule has 0 aromatic carbocycles. The average Bonchev–Trinajstić information content (AvgIpc) is 3.06. The van der Waals surface area contributed by atoms with E-state index >= 15 is 0 Å². The zero-order valence-corrected chi connectivity index (χ0v) is 17.1. The van der Waals surface area contributed by atoms with Crippen molar-refractivity contribution in [2.24, 2.45) is 5.92 Å². The van der Waals surface area contributed by atoms with Gasteiger partial charge in [-0.3, -0.25) is 9.59 Å². The van der Waals surface area contributed by atoms with E-state index in [4.69, 9.17) is 0 Å². The number of carbonyl (C=O) groups excluding carboxylic acids is 2. The molecule has 1 N–H and O–H groups in total. The van der Waals surface area contributed by atoms with E-state index in [9.17, 15) is 9.59 Å². The van der Waals surface area contributed by atoms with Gasteiger partial charge >= 0.3 is 0 Å². The molecule has 0 spiro atoms. The quantitative estimate of drug-likeness (QED) is 0.844. The number of carbonyl (C=O) groups is 2. The molecule has 29 heavy (non-hydrogen) atoms. The normalized spacial score (nSPS) is 22.0. The summed E-state index contributed by atoms with van der Waals surface area (Å²) in [6.45, 7) is 9.41. The average molecular weight is 394 g/mol. The molecule has 0 radical (unpaired) electrons. The van der Waals surface area contributed by atoms with Crippen molar-refractivity contribution in [2.45, 2.75) is 26.7 Å². The predicted molar refractivity (Wildman–Crippen MR) is 109 cm³/mol. The first-order chi connectivity index (χ1) is 13.9. The molecule has 2 aromatic rings. The van der Waals surface area contributed by atoms with Gasteiger partial charge in [0.1, 0.15) is 5.82 Å². The van der Waals surface area contributed by atoms with Crippen LogP contribution in [0.3, 0.4) is 0 Å².